The monoisotopic (exact) mass is 374 g/mol. The molecule has 0 fully saturated rings. The second-order valence-electron chi connectivity index (χ2n) is 4.90. The summed E-state index contributed by atoms with van der Waals surface area (Å²) in [4.78, 5) is 4.40. The first-order chi connectivity index (χ1) is 11.2. The lowest BCUT2D eigenvalue weighted by Gasteiger charge is -2.10. The Morgan fingerprint density at radius 3 is 2.30 bits per heavy atom. The van der Waals surface area contributed by atoms with Crippen molar-refractivity contribution in [1.29, 1.82) is 0 Å². The van der Waals surface area contributed by atoms with Gasteiger partial charge >= 0.3 is 0 Å². The van der Waals surface area contributed by atoms with E-state index in [4.69, 9.17) is 14.0 Å². The summed E-state index contributed by atoms with van der Waals surface area (Å²) < 4.78 is 17.2. The number of hydrogen-bond donors (Lipinski definition) is 0. The summed E-state index contributed by atoms with van der Waals surface area (Å²) in [5, 5.41) is 4.00. The quantitative estimate of drug-likeness (QED) is 0.650. The van der Waals surface area contributed by atoms with Crippen molar-refractivity contribution in [3.05, 3.63) is 58.9 Å². The van der Waals surface area contributed by atoms with Gasteiger partial charge in [0.15, 0.2) is 6.10 Å². The maximum absolute atomic E-state index is 5.81. The molecule has 0 saturated heterocycles. The maximum atomic E-state index is 5.81. The van der Waals surface area contributed by atoms with Crippen LogP contribution in [0.2, 0.25) is 0 Å². The van der Waals surface area contributed by atoms with Gasteiger partial charge in [-0.25, -0.2) is 0 Å². The van der Waals surface area contributed by atoms with Crippen molar-refractivity contribution in [2.24, 2.45) is 0 Å². The first kappa shape index (κ1) is 15.6. The Labute approximate surface area is 142 Å². The zero-order chi connectivity index (χ0) is 16.2. The number of methoxy groups -OCH3 is 1. The summed E-state index contributed by atoms with van der Waals surface area (Å²) >= 11 is 3.40. The highest BCUT2D eigenvalue weighted by Crippen LogP contribution is 2.25. The third-order valence-corrected chi connectivity index (χ3v) is 3.79. The predicted octanol–water partition coefficient (Wildman–Crippen LogP) is 4.65. The van der Waals surface area contributed by atoms with Gasteiger partial charge in [0.25, 0.3) is 5.89 Å². The smallest absolute Gasteiger partial charge is 0.267 e. The molecule has 1 atom stereocenters. The molecule has 5 nitrogen and oxygen atoms in total. The average molecular weight is 375 g/mol. The Bertz CT molecular complexity index is 769. The summed E-state index contributed by atoms with van der Waals surface area (Å²) in [5.74, 6) is 2.46. The van der Waals surface area contributed by atoms with Crippen LogP contribution in [0.4, 0.5) is 0 Å². The predicted molar refractivity (Wildman–Crippen MR) is 89.5 cm³/mol. The van der Waals surface area contributed by atoms with E-state index >= 15 is 0 Å². The maximum Gasteiger partial charge on any atom is 0.267 e. The number of halogens is 1. The minimum atomic E-state index is -0.347. The van der Waals surface area contributed by atoms with E-state index in [-0.39, 0.29) is 6.10 Å². The van der Waals surface area contributed by atoms with Crippen LogP contribution >= 0.6 is 15.9 Å². The van der Waals surface area contributed by atoms with E-state index in [0.717, 1.165) is 15.8 Å². The van der Waals surface area contributed by atoms with Gasteiger partial charge in [-0.3, -0.25) is 0 Å². The molecule has 6 heteroatoms. The molecule has 0 radical (unpaired) electrons. The number of benzene rings is 2. The highest BCUT2D eigenvalue weighted by Gasteiger charge is 2.17. The number of ether oxygens (including phenoxy) is 2. The van der Waals surface area contributed by atoms with Gasteiger partial charge in [0.05, 0.1) is 7.11 Å². The van der Waals surface area contributed by atoms with Gasteiger partial charge in [-0.2, -0.15) is 4.98 Å². The van der Waals surface area contributed by atoms with Gasteiger partial charge in [-0.05, 0) is 55.5 Å². The average Bonchev–Trinajstić information content (AvgIpc) is 3.06. The molecule has 0 aliphatic heterocycles. The zero-order valence-corrected chi connectivity index (χ0v) is 14.3. The molecule has 1 aromatic heterocycles. The third-order valence-electron chi connectivity index (χ3n) is 3.26. The van der Waals surface area contributed by atoms with Gasteiger partial charge in [0, 0.05) is 10.0 Å². The van der Waals surface area contributed by atoms with Gasteiger partial charge in [-0.1, -0.05) is 21.1 Å². The second-order valence-corrected chi connectivity index (χ2v) is 5.81. The lowest BCUT2D eigenvalue weighted by atomic mass is 10.2. The lowest BCUT2D eigenvalue weighted by Crippen LogP contribution is -2.03. The van der Waals surface area contributed by atoms with E-state index in [0.29, 0.717) is 17.5 Å². The molecule has 1 heterocycles. The Balaban J connectivity index is 1.72. The minimum absolute atomic E-state index is 0.347. The Morgan fingerprint density at radius 1 is 1.00 bits per heavy atom. The van der Waals surface area contributed by atoms with Gasteiger partial charge in [0.1, 0.15) is 11.5 Å². The van der Waals surface area contributed by atoms with Gasteiger partial charge in [-0.15, -0.1) is 0 Å². The minimum Gasteiger partial charge on any atom is -0.497 e. The Hall–Kier alpha value is -2.34. The molecule has 118 valence electrons. The highest BCUT2D eigenvalue weighted by atomic mass is 79.9. The van der Waals surface area contributed by atoms with E-state index in [9.17, 15) is 0 Å². The molecular weight excluding hydrogens is 360 g/mol. The lowest BCUT2D eigenvalue weighted by molar-refractivity contribution is 0.175. The fourth-order valence-corrected chi connectivity index (χ4v) is 2.29. The Morgan fingerprint density at radius 2 is 1.65 bits per heavy atom. The molecule has 0 N–H and O–H groups in total. The van der Waals surface area contributed by atoms with Crippen molar-refractivity contribution in [3.8, 4) is 22.9 Å². The van der Waals surface area contributed by atoms with E-state index in [1.54, 1.807) is 7.11 Å². The first-order valence-electron chi connectivity index (χ1n) is 7.06. The van der Waals surface area contributed by atoms with Crippen molar-refractivity contribution in [1.82, 2.24) is 10.1 Å². The summed E-state index contributed by atoms with van der Waals surface area (Å²) in [5.41, 5.74) is 0.889. The van der Waals surface area contributed by atoms with Crippen molar-refractivity contribution >= 4 is 15.9 Å². The van der Waals surface area contributed by atoms with Gasteiger partial charge < -0.3 is 14.0 Å². The topological polar surface area (TPSA) is 57.4 Å². The molecule has 0 aliphatic rings. The molecule has 3 rings (SSSR count). The molecule has 0 amide bonds. The van der Waals surface area contributed by atoms with Crippen molar-refractivity contribution in [2.45, 2.75) is 13.0 Å². The molecule has 2 aromatic carbocycles. The molecule has 0 aliphatic carbocycles. The van der Waals surface area contributed by atoms with Crippen molar-refractivity contribution < 1.29 is 14.0 Å². The fourth-order valence-electron chi connectivity index (χ4n) is 2.03. The van der Waals surface area contributed by atoms with Crippen molar-refractivity contribution in [2.75, 3.05) is 7.11 Å². The Kier molecular flexibility index (Phi) is 4.62. The van der Waals surface area contributed by atoms with Crippen molar-refractivity contribution in [3.63, 3.8) is 0 Å². The van der Waals surface area contributed by atoms with Crippen LogP contribution in [0.3, 0.4) is 0 Å². The van der Waals surface area contributed by atoms with E-state index in [2.05, 4.69) is 26.1 Å². The summed E-state index contributed by atoms with van der Waals surface area (Å²) in [6.45, 7) is 1.86. The molecule has 0 bridgehead atoms. The zero-order valence-electron chi connectivity index (χ0n) is 12.7. The van der Waals surface area contributed by atoms with E-state index in [1.165, 1.54) is 0 Å². The van der Waals surface area contributed by atoms with Gasteiger partial charge in [0.2, 0.25) is 5.82 Å². The summed E-state index contributed by atoms with van der Waals surface area (Å²) in [6.07, 6.45) is -0.347. The van der Waals surface area contributed by atoms with E-state index < -0.39 is 0 Å². The number of aromatic nitrogens is 2. The largest absolute Gasteiger partial charge is 0.497 e. The molecule has 0 spiro atoms. The van der Waals surface area contributed by atoms with Crippen LogP contribution in [0, 0.1) is 0 Å². The van der Waals surface area contributed by atoms with Crippen LogP contribution in [-0.4, -0.2) is 17.3 Å². The van der Waals surface area contributed by atoms with Crippen LogP contribution in [0.15, 0.2) is 57.5 Å². The molecular formula is C17H15BrN2O3. The van der Waals surface area contributed by atoms with E-state index in [1.807, 2.05) is 55.5 Å². The SMILES string of the molecule is COc1ccc(O[C@@H](C)c2nc(-c3ccc(Br)cc3)no2)cc1. The molecule has 0 unspecified atom stereocenters. The standard InChI is InChI=1S/C17H15BrN2O3/c1-11(22-15-9-7-14(21-2)8-10-15)17-19-16(20-23-17)12-3-5-13(18)6-4-12/h3-11H,1-2H3/t11-/m0/s1. The highest BCUT2D eigenvalue weighted by molar-refractivity contribution is 9.10. The number of nitrogens with zero attached hydrogens (tertiary/aromatic N) is 2. The number of hydrogen-bond acceptors (Lipinski definition) is 5. The second kappa shape index (κ2) is 6.83. The molecule has 3 aromatic rings. The van der Waals surface area contributed by atoms with Crippen LogP contribution in [0.25, 0.3) is 11.4 Å². The number of rotatable bonds is 5. The molecule has 23 heavy (non-hydrogen) atoms. The van der Waals surface area contributed by atoms with Crippen LogP contribution in [0.1, 0.15) is 18.9 Å². The van der Waals surface area contributed by atoms with Crippen LogP contribution in [0.5, 0.6) is 11.5 Å². The third kappa shape index (κ3) is 3.71. The van der Waals surface area contributed by atoms with Crippen LogP contribution < -0.4 is 9.47 Å². The first-order valence-corrected chi connectivity index (χ1v) is 7.85. The molecule has 0 saturated carbocycles. The summed E-state index contributed by atoms with van der Waals surface area (Å²) in [7, 11) is 1.63. The summed E-state index contributed by atoms with van der Waals surface area (Å²) in [6, 6.07) is 15.1. The normalized spacial score (nSPS) is 12.0. The fraction of sp³-hybridized carbons (Fsp3) is 0.176. The van der Waals surface area contributed by atoms with Crippen LogP contribution in [-0.2, 0) is 0 Å².